The van der Waals surface area contributed by atoms with Gasteiger partial charge in [-0.05, 0) is 64.2 Å². The van der Waals surface area contributed by atoms with E-state index in [0.29, 0.717) is 30.7 Å². The normalized spacial score (nSPS) is 11.6. The summed E-state index contributed by atoms with van der Waals surface area (Å²) in [6, 6.07) is 0. The fourth-order valence-electron chi connectivity index (χ4n) is 5.70. The monoisotopic (exact) mass is 640 g/mol. The lowest BCUT2D eigenvalue weighted by atomic mass is 10.1. The molecule has 0 aromatic heterocycles. The fraction of sp³-hybridized carbons (Fsp3) is 0.846. The second-order valence-electron chi connectivity index (χ2n) is 12.8. The number of allylic oxidation sites excluding steroid dienone is 4. The molecule has 260 valence electrons. The summed E-state index contributed by atoms with van der Waals surface area (Å²) in [5, 5.41) is 9.27. The Morgan fingerprint density at radius 3 is 1.07 bits per heavy atom. The number of rotatable bonds is 33. The van der Waals surface area contributed by atoms with Crippen LogP contribution in [-0.4, -0.2) is 30.1 Å². The highest BCUT2D eigenvalue weighted by Crippen LogP contribution is 2.11. The molecule has 0 fully saturated rings. The summed E-state index contributed by atoms with van der Waals surface area (Å²) in [7, 11) is 0. The fourth-order valence-corrected chi connectivity index (χ4v) is 5.70. The van der Waals surface area contributed by atoms with Gasteiger partial charge in [-0.3, -0.25) is 0 Å². The van der Waals surface area contributed by atoms with Crippen LogP contribution in [-0.2, 0) is 9.59 Å². The third-order valence-electron chi connectivity index (χ3n) is 8.59. The van der Waals surface area contributed by atoms with Crippen molar-refractivity contribution in [2.24, 2.45) is 0 Å². The van der Waals surface area contributed by atoms with E-state index < -0.39 is 0 Å². The quantitative estimate of drug-likeness (QED) is 0.0582. The molecule has 0 aliphatic carbocycles. The topological polar surface area (TPSA) is 58.8 Å². The highest BCUT2D eigenvalue weighted by Gasteiger charge is 2.26. The third kappa shape index (κ3) is 32.4. The van der Waals surface area contributed by atoms with Crippen molar-refractivity contribution in [3.05, 3.63) is 24.3 Å². The number of aliphatic hydroxyl groups excluding tert-OH is 1. The lowest BCUT2D eigenvalue weighted by Gasteiger charge is -2.14. The Kier molecular flexibility index (Phi) is 39.2. The smallest absolute Gasteiger partial charge is 0.319 e. The molecule has 4 nitrogen and oxygen atoms in total. The third-order valence-corrected chi connectivity index (χ3v) is 8.59. The van der Waals surface area contributed by atoms with Crippen molar-refractivity contribution in [2.45, 2.75) is 200 Å². The molecule has 0 heterocycles. The number of carbonyl (C=O) groups excluding carboxylic acids is 2. The predicted molar refractivity (Wildman–Crippen MR) is 186 cm³/mol. The minimum Gasteiger partial charge on any atom is -1.00 e. The van der Waals surface area contributed by atoms with E-state index in [4.69, 9.17) is 0 Å². The molecule has 44 heavy (non-hydrogen) atoms. The standard InChI is InChI=1S/C39H73NO3.ClH/c1-3-5-7-9-11-13-15-17-19-21-23-25-27-29-31-34-38(42)40(36-33-37-41)39(43)35-32-30-28-26-24-22-20-18-16-14-12-10-8-6-4-2;/h17-20,41H,3-16,21-37H2,1-2H3;1H/b19-17-,20-18-;. The zero-order chi connectivity index (χ0) is 31.5. The zero-order valence-electron chi connectivity index (χ0n) is 29.4. The van der Waals surface area contributed by atoms with Gasteiger partial charge in [0.2, 0.25) is 0 Å². The molecule has 0 aromatic carbocycles. The first kappa shape index (κ1) is 45.2. The number of quaternary nitrogens is 1. The summed E-state index contributed by atoms with van der Waals surface area (Å²) in [6.07, 6.45) is 43.0. The minimum absolute atomic E-state index is 0. The molecule has 0 bridgehead atoms. The summed E-state index contributed by atoms with van der Waals surface area (Å²) in [4.78, 5) is 26.1. The lowest BCUT2D eigenvalue weighted by Crippen LogP contribution is -3.17. The van der Waals surface area contributed by atoms with E-state index in [1.54, 1.807) is 0 Å². The van der Waals surface area contributed by atoms with Crippen molar-refractivity contribution in [3.8, 4) is 0 Å². The number of hydrogen-bond acceptors (Lipinski definition) is 3. The van der Waals surface area contributed by atoms with Gasteiger partial charge in [0.05, 0.1) is 19.4 Å². The number of imide groups is 1. The molecule has 0 unspecified atom stereocenters. The van der Waals surface area contributed by atoms with E-state index in [1.165, 1.54) is 128 Å². The summed E-state index contributed by atoms with van der Waals surface area (Å²) in [5.41, 5.74) is 0. The maximum Gasteiger partial charge on any atom is 0.319 e. The van der Waals surface area contributed by atoms with E-state index in [1.807, 2.05) is 0 Å². The van der Waals surface area contributed by atoms with Crippen LogP contribution < -0.4 is 17.3 Å². The molecule has 0 atom stereocenters. The van der Waals surface area contributed by atoms with E-state index in [2.05, 4.69) is 38.2 Å². The number of halogens is 1. The molecule has 0 aliphatic heterocycles. The number of hydrogen-bond donors (Lipinski definition) is 2. The average molecular weight is 640 g/mol. The molecular formula is C39H74ClNO3. The molecule has 0 aromatic rings. The highest BCUT2D eigenvalue weighted by atomic mass is 35.5. The second kappa shape index (κ2) is 38.2. The Morgan fingerprint density at radius 1 is 0.455 bits per heavy atom. The van der Waals surface area contributed by atoms with E-state index in [0.717, 1.165) is 38.5 Å². The van der Waals surface area contributed by atoms with Crippen molar-refractivity contribution in [1.29, 1.82) is 0 Å². The summed E-state index contributed by atoms with van der Waals surface area (Å²) in [5.74, 6) is 0.0626. The van der Waals surface area contributed by atoms with Crippen LogP contribution in [0.4, 0.5) is 0 Å². The Balaban J connectivity index is 0. The highest BCUT2D eigenvalue weighted by molar-refractivity contribution is 5.80. The second-order valence-corrected chi connectivity index (χ2v) is 12.8. The Bertz CT molecular complexity index is 612. The Hall–Kier alpha value is -0.970. The van der Waals surface area contributed by atoms with Crippen molar-refractivity contribution in [3.63, 3.8) is 0 Å². The van der Waals surface area contributed by atoms with Crippen molar-refractivity contribution in [2.75, 3.05) is 13.2 Å². The van der Waals surface area contributed by atoms with E-state index >= 15 is 0 Å². The molecule has 2 N–H and O–H groups in total. The molecule has 0 rings (SSSR count). The van der Waals surface area contributed by atoms with Crippen molar-refractivity contribution >= 4 is 11.8 Å². The van der Waals surface area contributed by atoms with Gasteiger partial charge in [-0.1, -0.05) is 141 Å². The Morgan fingerprint density at radius 2 is 0.750 bits per heavy atom. The van der Waals surface area contributed by atoms with Crippen LogP contribution >= 0.6 is 0 Å². The number of unbranched alkanes of at least 4 members (excludes halogenated alkanes) is 22. The van der Waals surface area contributed by atoms with Crippen molar-refractivity contribution < 1.29 is 32.0 Å². The van der Waals surface area contributed by atoms with Crippen LogP contribution in [0.1, 0.15) is 200 Å². The van der Waals surface area contributed by atoms with Crippen LogP contribution in [0.25, 0.3) is 0 Å². The first-order valence-corrected chi connectivity index (χ1v) is 19.0. The van der Waals surface area contributed by atoms with Gasteiger partial charge in [0.25, 0.3) is 0 Å². The van der Waals surface area contributed by atoms with Gasteiger partial charge in [-0.25, -0.2) is 14.5 Å². The predicted octanol–water partition coefficient (Wildman–Crippen LogP) is 7.39. The molecule has 2 amide bonds. The van der Waals surface area contributed by atoms with Crippen LogP contribution in [0, 0.1) is 0 Å². The van der Waals surface area contributed by atoms with Crippen LogP contribution in [0.3, 0.4) is 0 Å². The average Bonchev–Trinajstić information content (AvgIpc) is 3.01. The molecular weight excluding hydrogens is 566 g/mol. The molecule has 0 saturated carbocycles. The Labute approximate surface area is 280 Å². The number of carbonyl (C=O) groups is 2. The molecule has 0 spiro atoms. The van der Waals surface area contributed by atoms with Gasteiger partial charge in [0.1, 0.15) is 0 Å². The zero-order valence-corrected chi connectivity index (χ0v) is 30.1. The van der Waals surface area contributed by atoms with Gasteiger partial charge in [0.15, 0.2) is 0 Å². The van der Waals surface area contributed by atoms with Crippen LogP contribution in [0.5, 0.6) is 0 Å². The molecule has 0 aliphatic rings. The summed E-state index contributed by atoms with van der Waals surface area (Å²) < 4.78 is 0. The molecule has 5 heteroatoms. The largest absolute Gasteiger partial charge is 1.00 e. The van der Waals surface area contributed by atoms with Gasteiger partial charge < -0.3 is 17.5 Å². The first-order chi connectivity index (χ1) is 21.2. The molecule has 0 saturated heterocycles. The SMILES string of the molecule is CCCCCCCC/C=C\CCCCCCCC(=O)[NH+](CCCO)C(=O)CCCCCCC/C=C\CCCCCCCC.[Cl-]. The summed E-state index contributed by atoms with van der Waals surface area (Å²) in [6.45, 7) is 5.00. The molecule has 0 radical (unpaired) electrons. The number of nitrogens with one attached hydrogen (secondary N) is 1. The number of amides is 2. The summed E-state index contributed by atoms with van der Waals surface area (Å²) >= 11 is 0. The van der Waals surface area contributed by atoms with Gasteiger partial charge >= 0.3 is 11.8 Å². The van der Waals surface area contributed by atoms with Crippen LogP contribution in [0.2, 0.25) is 0 Å². The number of aliphatic hydroxyl groups is 1. The van der Waals surface area contributed by atoms with Gasteiger partial charge in [-0.2, -0.15) is 0 Å². The maximum absolute atomic E-state index is 12.8. The van der Waals surface area contributed by atoms with Crippen LogP contribution in [0.15, 0.2) is 24.3 Å². The van der Waals surface area contributed by atoms with Gasteiger partial charge in [0, 0.05) is 13.0 Å². The lowest BCUT2D eigenvalue weighted by molar-refractivity contribution is -0.740. The first-order valence-electron chi connectivity index (χ1n) is 19.0. The minimum atomic E-state index is 0. The maximum atomic E-state index is 12.8. The van der Waals surface area contributed by atoms with Gasteiger partial charge in [-0.15, -0.1) is 0 Å². The van der Waals surface area contributed by atoms with Crippen molar-refractivity contribution in [1.82, 2.24) is 0 Å². The van der Waals surface area contributed by atoms with E-state index in [-0.39, 0.29) is 30.8 Å². The van der Waals surface area contributed by atoms with E-state index in [9.17, 15) is 14.7 Å².